The second-order valence-corrected chi connectivity index (χ2v) is 6.66. The first-order valence-electron chi connectivity index (χ1n) is 9.23. The van der Waals surface area contributed by atoms with E-state index < -0.39 is 0 Å². The van der Waals surface area contributed by atoms with E-state index in [9.17, 15) is 0 Å². The van der Waals surface area contributed by atoms with E-state index in [0.29, 0.717) is 17.1 Å². The molecule has 30 heavy (non-hydrogen) atoms. The van der Waals surface area contributed by atoms with Crippen molar-refractivity contribution in [3.05, 3.63) is 67.6 Å². The maximum atomic E-state index is 4.68. The summed E-state index contributed by atoms with van der Waals surface area (Å²) in [6.45, 7) is 0. The van der Waals surface area contributed by atoms with Crippen LogP contribution in [0, 0.1) is 0 Å². The number of aromatic nitrogens is 9. The van der Waals surface area contributed by atoms with Gasteiger partial charge in [-0.3, -0.25) is 20.1 Å². The predicted octanol–water partition coefficient (Wildman–Crippen LogP) is 3.42. The number of hydrogen-bond donors (Lipinski definition) is 2. The molecule has 0 aliphatic heterocycles. The SMILES string of the molecule is c1cc(-c2ccnc3nc(-c4[nH]nc5ncc(-c6cnccn6)cc45)[nH]c23)ccn1. The zero-order chi connectivity index (χ0) is 19.9. The summed E-state index contributed by atoms with van der Waals surface area (Å²) in [6, 6.07) is 7.85. The zero-order valence-corrected chi connectivity index (χ0v) is 15.5. The molecule has 0 aliphatic carbocycles. The van der Waals surface area contributed by atoms with Crippen molar-refractivity contribution in [2.45, 2.75) is 0 Å². The standard InChI is InChI=1S/C21H13N9/c1-4-22-5-2-12(1)14-3-6-25-20-17(14)27-21(28-20)18-15-9-13(10-26-19(15)30-29-18)16-11-23-7-8-24-16/h1-11H,(H,25,27,28)(H,26,29,30). The molecule has 6 aromatic rings. The minimum Gasteiger partial charge on any atom is -0.335 e. The molecule has 0 amide bonds. The second-order valence-electron chi connectivity index (χ2n) is 6.66. The third kappa shape index (κ3) is 2.60. The van der Waals surface area contributed by atoms with Crippen LogP contribution in [0.4, 0.5) is 0 Å². The summed E-state index contributed by atoms with van der Waals surface area (Å²) >= 11 is 0. The molecule has 9 heteroatoms. The van der Waals surface area contributed by atoms with E-state index in [4.69, 9.17) is 0 Å². The minimum atomic E-state index is 0.598. The summed E-state index contributed by atoms with van der Waals surface area (Å²) in [5.74, 6) is 0.639. The average Bonchev–Trinajstić information content (AvgIpc) is 3.43. The van der Waals surface area contributed by atoms with Gasteiger partial charge in [0, 0.05) is 48.3 Å². The van der Waals surface area contributed by atoms with E-state index in [1.54, 1.807) is 43.4 Å². The van der Waals surface area contributed by atoms with Crippen molar-refractivity contribution in [3.63, 3.8) is 0 Å². The Morgan fingerprint density at radius 3 is 2.53 bits per heavy atom. The summed E-state index contributed by atoms with van der Waals surface area (Å²) in [4.78, 5) is 29.5. The van der Waals surface area contributed by atoms with Crippen molar-refractivity contribution in [1.82, 2.24) is 45.1 Å². The Bertz CT molecular complexity index is 1490. The molecule has 0 aliphatic rings. The van der Waals surface area contributed by atoms with Crippen LogP contribution in [0.1, 0.15) is 0 Å². The number of fused-ring (bicyclic) bond motifs is 2. The summed E-state index contributed by atoms with van der Waals surface area (Å²) in [7, 11) is 0. The molecular formula is C21H13N9. The van der Waals surface area contributed by atoms with E-state index in [2.05, 4.69) is 45.1 Å². The van der Waals surface area contributed by atoms with Crippen molar-refractivity contribution in [2.75, 3.05) is 0 Å². The smallest absolute Gasteiger partial charge is 0.181 e. The first-order chi connectivity index (χ1) is 14.9. The van der Waals surface area contributed by atoms with Crippen molar-refractivity contribution in [2.24, 2.45) is 0 Å². The number of pyridine rings is 3. The number of imidazole rings is 1. The highest BCUT2D eigenvalue weighted by Gasteiger charge is 2.16. The molecule has 9 nitrogen and oxygen atoms in total. The first kappa shape index (κ1) is 16.4. The molecule has 0 atom stereocenters. The Labute approximate surface area is 169 Å². The monoisotopic (exact) mass is 391 g/mol. The van der Waals surface area contributed by atoms with Crippen LogP contribution < -0.4 is 0 Å². The third-order valence-electron chi connectivity index (χ3n) is 4.89. The molecule has 6 aromatic heterocycles. The molecule has 142 valence electrons. The van der Waals surface area contributed by atoms with Crippen LogP contribution in [-0.4, -0.2) is 45.1 Å². The van der Waals surface area contributed by atoms with Crippen LogP contribution in [0.3, 0.4) is 0 Å². The molecule has 0 saturated carbocycles. The van der Waals surface area contributed by atoms with Crippen molar-refractivity contribution < 1.29 is 0 Å². The zero-order valence-electron chi connectivity index (χ0n) is 15.5. The van der Waals surface area contributed by atoms with Gasteiger partial charge in [-0.15, -0.1) is 0 Å². The van der Waals surface area contributed by atoms with Gasteiger partial charge >= 0.3 is 0 Å². The van der Waals surface area contributed by atoms with Crippen LogP contribution in [0.15, 0.2) is 67.6 Å². The number of rotatable bonds is 3. The van der Waals surface area contributed by atoms with Crippen LogP contribution in [0.25, 0.3) is 56.1 Å². The quantitative estimate of drug-likeness (QED) is 0.474. The van der Waals surface area contributed by atoms with Gasteiger partial charge in [-0.2, -0.15) is 5.10 Å². The van der Waals surface area contributed by atoms with Crippen molar-refractivity contribution in [3.8, 4) is 33.9 Å². The van der Waals surface area contributed by atoms with Crippen LogP contribution in [0.5, 0.6) is 0 Å². The Balaban J connectivity index is 1.52. The van der Waals surface area contributed by atoms with Crippen molar-refractivity contribution >= 4 is 22.2 Å². The summed E-state index contributed by atoms with van der Waals surface area (Å²) in [5.41, 5.74) is 6.44. The van der Waals surface area contributed by atoms with Crippen LogP contribution in [0.2, 0.25) is 0 Å². The molecule has 6 rings (SSSR count). The van der Waals surface area contributed by atoms with Gasteiger partial charge < -0.3 is 4.98 Å². The summed E-state index contributed by atoms with van der Waals surface area (Å²) in [6.07, 6.45) is 12.0. The van der Waals surface area contributed by atoms with E-state index in [0.717, 1.165) is 39.0 Å². The number of hydrogen-bond acceptors (Lipinski definition) is 7. The normalized spacial score (nSPS) is 11.3. The number of H-pyrrole nitrogens is 2. The van der Waals surface area contributed by atoms with Gasteiger partial charge in [0.15, 0.2) is 17.1 Å². The fraction of sp³-hybridized carbons (Fsp3) is 0. The maximum Gasteiger partial charge on any atom is 0.181 e. The lowest BCUT2D eigenvalue weighted by Gasteiger charge is -2.01. The third-order valence-corrected chi connectivity index (χ3v) is 4.89. The van der Waals surface area contributed by atoms with E-state index in [-0.39, 0.29) is 0 Å². The summed E-state index contributed by atoms with van der Waals surface area (Å²) < 4.78 is 0. The number of aromatic amines is 2. The molecule has 0 unspecified atom stereocenters. The van der Waals surface area contributed by atoms with Gasteiger partial charge in [0.2, 0.25) is 0 Å². The number of nitrogens with one attached hydrogen (secondary N) is 2. The molecule has 0 saturated heterocycles. The fourth-order valence-corrected chi connectivity index (χ4v) is 3.47. The fourth-order valence-electron chi connectivity index (χ4n) is 3.47. The molecule has 0 fully saturated rings. The first-order valence-corrected chi connectivity index (χ1v) is 9.23. The second kappa shape index (κ2) is 6.52. The van der Waals surface area contributed by atoms with Gasteiger partial charge in [0.25, 0.3) is 0 Å². The number of nitrogens with zero attached hydrogens (tertiary/aromatic N) is 7. The van der Waals surface area contributed by atoms with Crippen LogP contribution >= 0.6 is 0 Å². The molecule has 0 aromatic carbocycles. The lowest BCUT2D eigenvalue weighted by atomic mass is 10.1. The minimum absolute atomic E-state index is 0.598. The highest BCUT2D eigenvalue weighted by Crippen LogP contribution is 2.31. The van der Waals surface area contributed by atoms with Gasteiger partial charge in [0.1, 0.15) is 5.69 Å². The predicted molar refractivity (Wildman–Crippen MR) is 111 cm³/mol. The highest BCUT2D eigenvalue weighted by atomic mass is 15.2. The molecule has 2 N–H and O–H groups in total. The van der Waals surface area contributed by atoms with Crippen LogP contribution in [-0.2, 0) is 0 Å². The largest absolute Gasteiger partial charge is 0.335 e. The Kier molecular flexibility index (Phi) is 3.57. The topological polar surface area (TPSA) is 122 Å². The van der Waals surface area contributed by atoms with Gasteiger partial charge in [-0.25, -0.2) is 15.0 Å². The molecule has 6 heterocycles. The Morgan fingerprint density at radius 1 is 0.733 bits per heavy atom. The van der Waals surface area contributed by atoms with Crippen molar-refractivity contribution in [1.29, 1.82) is 0 Å². The maximum absolute atomic E-state index is 4.68. The lowest BCUT2D eigenvalue weighted by Crippen LogP contribution is -1.87. The average molecular weight is 391 g/mol. The van der Waals surface area contributed by atoms with E-state index in [1.165, 1.54) is 0 Å². The van der Waals surface area contributed by atoms with Gasteiger partial charge in [-0.1, -0.05) is 0 Å². The van der Waals surface area contributed by atoms with E-state index >= 15 is 0 Å². The Morgan fingerprint density at radius 2 is 1.67 bits per heavy atom. The summed E-state index contributed by atoms with van der Waals surface area (Å²) in [5, 5.41) is 8.20. The molecule has 0 radical (unpaired) electrons. The molecule has 0 bridgehead atoms. The van der Waals surface area contributed by atoms with Gasteiger partial charge in [0.05, 0.1) is 22.8 Å². The Hall–Kier alpha value is -4.53. The molecule has 0 spiro atoms. The molecular weight excluding hydrogens is 378 g/mol. The van der Waals surface area contributed by atoms with E-state index in [1.807, 2.05) is 24.3 Å². The highest BCUT2D eigenvalue weighted by molar-refractivity contribution is 5.95. The van der Waals surface area contributed by atoms with Gasteiger partial charge in [-0.05, 0) is 29.8 Å². The lowest BCUT2D eigenvalue weighted by molar-refractivity contribution is 1.09.